The Morgan fingerprint density at radius 2 is 2.10 bits per heavy atom. The predicted molar refractivity (Wildman–Crippen MR) is 73.4 cm³/mol. The lowest BCUT2D eigenvalue weighted by atomic mass is 10.2. The van der Waals surface area contributed by atoms with Crippen LogP contribution in [0, 0.1) is 0 Å². The molecule has 1 aromatic heterocycles. The van der Waals surface area contributed by atoms with E-state index >= 15 is 0 Å². The second kappa shape index (κ2) is 6.65. The Balaban J connectivity index is 2.08. The van der Waals surface area contributed by atoms with Crippen molar-refractivity contribution in [1.29, 1.82) is 0 Å². The van der Waals surface area contributed by atoms with Gasteiger partial charge < -0.3 is 28.6 Å². The van der Waals surface area contributed by atoms with Gasteiger partial charge in [0.2, 0.25) is 0 Å². The van der Waals surface area contributed by atoms with E-state index in [9.17, 15) is 0 Å². The topological polar surface area (TPSA) is 81.3 Å². The number of furan rings is 1. The van der Waals surface area contributed by atoms with Crippen LogP contribution in [0.1, 0.15) is 20.3 Å². The van der Waals surface area contributed by atoms with Crippen LogP contribution in [0.25, 0.3) is 11.0 Å². The second-order valence-corrected chi connectivity index (χ2v) is 4.27. The molecule has 0 amide bonds. The smallest absolute Gasteiger partial charge is 0.484 e. The van der Waals surface area contributed by atoms with Gasteiger partial charge in [0.25, 0.3) is 5.95 Å². The highest BCUT2D eigenvalue weighted by Gasteiger charge is 2.15. The van der Waals surface area contributed by atoms with Gasteiger partial charge in [-0.2, -0.15) is 0 Å². The van der Waals surface area contributed by atoms with Crippen molar-refractivity contribution < 1.29 is 28.6 Å². The molecule has 1 heterocycles. The molecule has 0 aliphatic rings. The third kappa shape index (κ3) is 3.90. The van der Waals surface area contributed by atoms with Crippen molar-refractivity contribution >= 4 is 18.3 Å². The Bertz CT molecular complexity index is 553. The van der Waals surface area contributed by atoms with Crippen LogP contribution in [-0.2, 0) is 4.74 Å². The summed E-state index contributed by atoms with van der Waals surface area (Å²) in [6, 6.07) is 6.78. The molecule has 1 atom stereocenters. The maximum absolute atomic E-state index is 8.72. The van der Waals surface area contributed by atoms with Crippen LogP contribution < -0.4 is 9.39 Å². The summed E-state index contributed by atoms with van der Waals surface area (Å²) in [5.74, 6) is 0.667. The zero-order chi connectivity index (χ0) is 14.5. The van der Waals surface area contributed by atoms with Crippen LogP contribution in [0.2, 0.25) is 0 Å². The van der Waals surface area contributed by atoms with Gasteiger partial charge in [0.05, 0.1) is 6.61 Å². The quantitative estimate of drug-likeness (QED) is 0.595. The van der Waals surface area contributed by atoms with Crippen LogP contribution in [0.5, 0.6) is 11.7 Å². The van der Waals surface area contributed by atoms with Gasteiger partial charge in [-0.05, 0) is 31.5 Å². The van der Waals surface area contributed by atoms with Gasteiger partial charge in [0, 0.05) is 11.5 Å². The fourth-order valence-corrected chi connectivity index (χ4v) is 1.74. The number of fused-ring (bicyclic) bond motifs is 1. The molecule has 1 aromatic carbocycles. The molecule has 6 nitrogen and oxygen atoms in total. The minimum absolute atomic E-state index is 0.0300. The zero-order valence-corrected chi connectivity index (χ0v) is 11.4. The second-order valence-electron chi connectivity index (χ2n) is 4.27. The SMILES string of the molecule is CCCOC(C)Oc1ccc2oc(OB(O)O)cc2c1. The molecule has 0 saturated heterocycles. The molecule has 0 radical (unpaired) electrons. The summed E-state index contributed by atoms with van der Waals surface area (Å²) in [5, 5.41) is 18.2. The molecule has 2 N–H and O–H groups in total. The van der Waals surface area contributed by atoms with E-state index in [-0.39, 0.29) is 12.2 Å². The maximum atomic E-state index is 8.72. The maximum Gasteiger partial charge on any atom is 0.709 e. The summed E-state index contributed by atoms with van der Waals surface area (Å²) in [4.78, 5) is 0. The molecule has 0 fully saturated rings. The third-order valence-corrected chi connectivity index (χ3v) is 2.55. The fourth-order valence-electron chi connectivity index (χ4n) is 1.74. The zero-order valence-electron chi connectivity index (χ0n) is 11.4. The molecule has 20 heavy (non-hydrogen) atoms. The van der Waals surface area contributed by atoms with Gasteiger partial charge in [-0.3, -0.25) is 0 Å². The molecule has 0 saturated carbocycles. The van der Waals surface area contributed by atoms with Gasteiger partial charge in [0.15, 0.2) is 6.29 Å². The van der Waals surface area contributed by atoms with E-state index in [0.717, 1.165) is 11.8 Å². The fraction of sp³-hybridized carbons (Fsp3) is 0.385. The average Bonchev–Trinajstić information content (AvgIpc) is 2.76. The third-order valence-electron chi connectivity index (χ3n) is 2.55. The molecule has 108 valence electrons. The first-order chi connectivity index (χ1) is 9.58. The van der Waals surface area contributed by atoms with E-state index in [2.05, 4.69) is 4.65 Å². The van der Waals surface area contributed by atoms with Crippen molar-refractivity contribution in [3.63, 3.8) is 0 Å². The normalized spacial score (nSPS) is 12.4. The van der Waals surface area contributed by atoms with Crippen LogP contribution in [0.3, 0.4) is 0 Å². The van der Waals surface area contributed by atoms with Crippen molar-refractivity contribution in [2.45, 2.75) is 26.6 Å². The van der Waals surface area contributed by atoms with Crippen LogP contribution in [-0.4, -0.2) is 30.3 Å². The Kier molecular flexibility index (Phi) is 4.89. The summed E-state index contributed by atoms with van der Waals surface area (Å²) in [5.41, 5.74) is 0.565. The highest BCUT2D eigenvalue weighted by atomic mass is 16.7. The number of ether oxygens (including phenoxy) is 2. The molecule has 2 rings (SSSR count). The molecule has 0 aliphatic heterocycles. The monoisotopic (exact) mass is 280 g/mol. The number of hydrogen-bond donors (Lipinski definition) is 2. The van der Waals surface area contributed by atoms with Gasteiger partial charge in [-0.25, -0.2) is 0 Å². The summed E-state index contributed by atoms with van der Waals surface area (Å²) >= 11 is 0. The standard InChI is InChI=1S/C13H17BO6/c1-3-6-17-9(2)18-11-4-5-12-10(7-11)8-13(19-12)20-14(15)16/h4-5,7-9,15-16H,3,6H2,1-2H3. The lowest BCUT2D eigenvalue weighted by Crippen LogP contribution is -2.20. The van der Waals surface area contributed by atoms with E-state index in [1.54, 1.807) is 24.3 Å². The number of hydrogen-bond acceptors (Lipinski definition) is 6. The van der Waals surface area contributed by atoms with E-state index in [1.165, 1.54) is 0 Å². The molecule has 0 bridgehead atoms. The van der Waals surface area contributed by atoms with E-state index in [1.807, 2.05) is 13.8 Å². The Morgan fingerprint density at radius 1 is 1.30 bits per heavy atom. The van der Waals surface area contributed by atoms with Crippen molar-refractivity contribution in [2.24, 2.45) is 0 Å². The molecule has 2 aromatic rings. The minimum atomic E-state index is -1.91. The van der Waals surface area contributed by atoms with E-state index in [4.69, 9.17) is 23.9 Å². The number of rotatable bonds is 7. The highest BCUT2D eigenvalue weighted by molar-refractivity contribution is 6.33. The molecular weight excluding hydrogens is 263 g/mol. The first-order valence-corrected chi connectivity index (χ1v) is 6.43. The first kappa shape index (κ1) is 14.7. The lowest BCUT2D eigenvalue weighted by Gasteiger charge is -2.14. The van der Waals surface area contributed by atoms with Crippen molar-refractivity contribution in [3.05, 3.63) is 24.3 Å². The first-order valence-electron chi connectivity index (χ1n) is 6.43. The van der Waals surface area contributed by atoms with E-state index in [0.29, 0.717) is 17.9 Å². The van der Waals surface area contributed by atoms with Gasteiger partial charge >= 0.3 is 7.32 Å². The predicted octanol–water partition coefficient (Wildman–Crippen LogP) is 1.93. The van der Waals surface area contributed by atoms with Gasteiger partial charge in [-0.1, -0.05) is 6.92 Å². The summed E-state index contributed by atoms with van der Waals surface area (Å²) < 4.78 is 21.0. The summed E-state index contributed by atoms with van der Waals surface area (Å²) in [6.07, 6.45) is 0.591. The van der Waals surface area contributed by atoms with Crippen molar-refractivity contribution in [1.82, 2.24) is 0 Å². The Morgan fingerprint density at radius 3 is 2.80 bits per heavy atom. The largest absolute Gasteiger partial charge is 0.709 e. The minimum Gasteiger partial charge on any atom is -0.484 e. The molecule has 7 heteroatoms. The van der Waals surface area contributed by atoms with Gasteiger partial charge in [0.1, 0.15) is 11.3 Å². The number of benzene rings is 1. The van der Waals surface area contributed by atoms with Crippen molar-refractivity contribution in [3.8, 4) is 11.7 Å². The average molecular weight is 280 g/mol. The molecule has 1 unspecified atom stereocenters. The van der Waals surface area contributed by atoms with E-state index < -0.39 is 7.32 Å². The lowest BCUT2D eigenvalue weighted by molar-refractivity contribution is -0.0662. The molecular formula is C13H17BO6. The summed E-state index contributed by atoms with van der Waals surface area (Å²) in [6.45, 7) is 4.49. The highest BCUT2D eigenvalue weighted by Crippen LogP contribution is 2.28. The Labute approximate surface area is 117 Å². The van der Waals surface area contributed by atoms with Crippen LogP contribution in [0.4, 0.5) is 0 Å². The molecule has 0 spiro atoms. The molecule has 0 aliphatic carbocycles. The Hall–Kier alpha value is -1.70. The van der Waals surface area contributed by atoms with Crippen molar-refractivity contribution in [2.75, 3.05) is 6.61 Å². The summed E-state index contributed by atoms with van der Waals surface area (Å²) in [7, 11) is -1.91. The van der Waals surface area contributed by atoms with Gasteiger partial charge in [-0.15, -0.1) is 0 Å². The van der Waals surface area contributed by atoms with Crippen LogP contribution in [0.15, 0.2) is 28.7 Å². The van der Waals surface area contributed by atoms with Crippen LogP contribution >= 0.6 is 0 Å².